The maximum Gasteiger partial charge on any atom is 0.330 e. The van der Waals surface area contributed by atoms with Crippen molar-refractivity contribution in [3.63, 3.8) is 0 Å². The van der Waals surface area contributed by atoms with Crippen molar-refractivity contribution in [2.45, 2.75) is 121 Å². The minimum atomic E-state index is -0.356. The summed E-state index contributed by atoms with van der Waals surface area (Å²) in [6.45, 7) is 24.4. The van der Waals surface area contributed by atoms with Gasteiger partial charge in [-0.15, -0.1) is 0 Å². The molecule has 0 fully saturated rings. The number of unbranched alkanes of at least 4 members (excludes halogenated alkanes) is 2. The lowest BCUT2D eigenvalue weighted by Crippen LogP contribution is -2.11. The summed E-state index contributed by atoms with van der Waals surface area (Å²) in [6.07, 6.45) is 17.9. The molecule has 0 saturated carbocycles. The average Bonchev–Trinajstić information content (AvgIpc) is 3.18. The summed E-state index contributed by atoms with van der Waals surface area (Å²) >= 11 is 0. The van der Waals surface area contributed by atoms with Crippen molar-refractivity contribution < 1.29 is 37.7 Å². The first-order valence-corrected chi connectivity index (χ1v) is 21.7. The van der Waals surface area contributed by atoms with E-state index in [2.05, 4.69) is 62.3 Å². The van der Waals surface area contributed by atoms with E-state index in [1.807, 2.05) is 61.5 Å². The molecular formula is C53H75FO7. The normalized spacial score (nSPS) is 11.8. The molecule has 0 bridgehead atoms. The summed E-state index contributed by atoms with van der Waals surface area (Å²) in [7, 11) is 0. The Morgan fingerprint density at radius 2 is 0.836 bits per heavy atom. The van der Waals surface area contributed by atoms with Crippen LogP contribution in [0, 0.1) is 29.0 Å². The Labute approximate surface area is 367 Å². The molecule has 0 spiro atoms. The Hall–Kier alpha value is -4.82. The Morgan fingerprint density at radius 3 is 1.26 bits per heavy atom. The van der Waals surface area contributed by atoms with Gasteiger partial charge in [-0.05, 0) is 122 Å². The zero-order valence-electron chi connectivity index (χ0n) is 38.9. The Bertz CT molecular complexity index is 1630. The van der Waals surface area contributed by atoms with Gasteiger partial charge < -0.3 is 18.9 Å². The quantitative estimate of drug-likeness (QED) is 0.0484. The van der Waals surface area contributed by atoms with Crippen LogP contribution >= 0.6 is 0 Å². The van der Waals surface area contributed by atoms with E-state index in [0.717, 1.165) is 68.1 Å². The van der Waals surface area contributed by atoms with Gasteiger partial charge in [-0.25, -0.2) is 18.8 Å². The van der Waals surface area contributed by atoms with Crippen molar-refractivity contribution in [2.24, 2.45) is 16.2 Å². The highest BCUT2D eigenvalue weighted by atomic mass is 19.1. The molecule has 0 saturated heterocycles. The van der Waals surface area contributed by atoms with E-state index in [9.17, 15) is 18.8 Å². The van der Waals surface area contributed by atoms with Crippen LogP contribution in [0.5, 0.6) is 0 Å². The Kier molecular flexibility index (Phi) is 26.9. The van der Waals surface area contributed by atoms with Crippen LogP contribution in [-0.4, -0.2) is 50.9 Å². The standard InChI is InChI=1S/C18H26O3.C18H26O2.C17H23FO2/c1-18(2,3)12-7-13-20-14-15-21-17(19)11-10-16-8-5-4-6-9-16;1-15-7-9-16(10-8-15)11-12-17(19)20-14-6-5-13-18(2,3)4;1-17(2,3)12-4-5-13-20-16(19)11-8-14-6-9-15(18)10-7-14/h4-6,8-11H,7,12-15H2,1-3H3;7-12H,5-6,13-14H2,1-4H3;6-11H,4-5,12-13H2,1-3H3/b11-10+;12-11+;11-8+. The maximum absolute atomic E-state index is 12.7. The van der Waals surface area contributed by atoms with E-state index in [4.69, 9.17) is 18.9 Å². The van der Waals surface area contributed by atoms with Gasteiger partial charge in [0.05, 0.1) is 19.8 Å². The summed E-state index contributed by atoms with van der Waals surface area (Å²) in [4.78, 5) is 34.5. The molecular weight excluding hydrogens is 768 g/mol. The van der Waals surface area contributed by atoms with E-state index >= 15 is 0 Å². The largest absolute Gasteiger partial charge is 0.463 e. The molecule has 3 aromatic carbocycles. The van der Waals surface area contributed by atoms with E-state index in [1.54, 1.807) is 30.4 Å². The van der Waals surface area contributed by atoms with Crippen molar-refractivity contribution >= 4 is 36.1 Å². The van der Waals surface area contributed by atoms with Crippen LogP contribution in [0.3, 0.4) is 0 Å². The molecule has 8 heteroatoms. The Balaban J connectivity index is 0.000000458. The number of carbonyl (C=O) groups excluding carboxylic acids is 3. The molecule has 0 aromatic heterocycles. The van der Waals surface area contributed by atoms with Crippen molar-refractivity contribution in [1.82, 2.24) is 0 Å². The minimum Gasteiger partial charge on any atom is -0.463 e. The molecule has 61 heavy (non-hydrogen) atoms. The van der Waals surface area contributed by atoms with Crippen molar-refractivity contribution in [2.75, 3.05) is 33.0 Å². The summed E-state index contributed by atoms with van der Waals surface area (Å²) in [5.74, 6) is -1.24. The summed E-state index contributed by atoms with van der Waals surface area (Å²) < 4.78 is 33.5. The summed E-state index contributed by atoms with van der Waals surface area (Å²) in [5, 5.41) is 0. The first kappa shape index (κ1) is 54.2. The van der Waals surface area contributed by atoms with Gasteiger partial charge in [0.15, 0.2) is 0 Å². The minimum absolute atomic E-state index is 0.263. The highest BCUT2D eigenvalue weighted by Gasteiger charge is 2.11. The number of benzene rings is 3. The average molecular weight is 843 g/mol. The lowest BCUT2D eigenvalue weighted by atomic mass is 9.90. The van der Waals surface area contributed by atoms with Crippen LogP contribution in [0.2, 0.25) is 0 Å². The monoisotopic (exact) mass is 843 g/mol. The molecule has 3 aromatic rings. The van der Waals surface area contributed by atoms with Gasteiger partial charge in [0.1, 0.15) is 12.4 Å². The predicted molar refractivity (Wildman–Crippen MR) is 250 cm³/mol. The third-order valence-electron chi connectivity index (χ3n) is 8.80. The first-order chi connectivity index (χ1) is 28.7. The summed E-state index contributed by atoms with van der Waals surface area (Å²) in [6, 6.07) is 23.6. The number of ether oxygens (including phenoxy) is 4. The zero-order chi connectivity index (χ0) is 45.6. The van der Waals surface area contributed by atoms with E-state index < -0.39 is 0 Å². The molecule has 336 valence electrons. The molecule has 0 aliphatic rings. The molecule has 3 rings (SSSR count). The maximum atomic E-state index is 12.7. The molecule has 0 atom stereocenters. The third-order valence-corrected chi connectivity index (χ3v) is 8.80. The third kappa shape index (κ3) is 34.6. The van der Waals surface area contributed by atoms with Crippen LogP contribution in [0.4, 0.5) is 4.39 Å². The van der Waals surface area contributed by atoms with Crippen molar-refractivity contribution in [3.05, 3.63) is 125 Å². The molecule has 0 aliphatic carbocycles. The molecule has 0 amide bonds. The van der Waals surface area contributed by atoms with Gasteiger partial charge in [0.2, 0.25) is 0 Å². The first-order valence-electron chi connectivity index (χ1n) is 21.7. The second kappa shape index (κ2) is 30.2. The van der Waals surface area contributed by atoms with Gasteiger partial charge in [-0.1, -0.05) is 135 Å². The van der Waals surface area contributed by atoms with Crippen LogP contribution < -0.4 is 0 Å². The second-order valence-corrected chi connectivity index (χ2v) is 18.7. The fraction of sp³-hybridized carbons (Fsp3) is 0.491. The van der Waals surface area contributed by atoms with Gasteiger partial charge in [-0.2, -0.15) is 0 Å². The highest BCUT2D eigenvalue weighted by Crippen LogP contribution is 2.22. The number of carbonyl (C=O) groups is 3. The van der Waals surface area contributed by atoms with Crippen LogP contribution in [0.15, 0.2) is 97.1 Å². The molecule has 0 aliphatic heterocycles. The summed E-state index contributed by atoms with van der Waals surface area (Å²) in [5.41, 5.74) is 5.01. The molecule has 0 radical (unpaired) electrons. The van der Waals surface area contributed by atoms with E-state index in [0.29, 0.717) is 49.3 Å². The van der Waals surface area contributed by atoms with Crippen LogP contribution in [0.25, 0.3) is 18.2 Å². The number of aryl methyl sites for hydroxylation is 1. The van der Waals surface area contributed by atoms with Crippen molar-refractivity contribution in [1.29, 1.82) is 0 Å². The highest BCUT2D eigenvalue weighted by molar-refractivity contribution is 5.88. The second-order valence-electron chi connectivity index (χ2n) is 18.7. The van der Waals surface area contributed by atoms with Gasteiger partial charge >= 0.3 is 17.9 Å². The Morgan fingerprint density at radius 1 is 0.459 bits per heavy atom. The number of hydrogen-bond donors (Lipinski definition) is 0. The van der Waals surface area contributed by atoms with Crippen LogP contribution in [-0.2, 0) is 33.3 Å². The fourth-order valence-corrected chi connectivity index (χ4v) is 5.32. The van der Waals surface area contributed by atoms with Gasteiger partial charge in [0, 0.05) is 24.8 Å². The topological polar surface area (TPSA) is 88.1 Å². The predicted octanol–water partition coefficient (Wildman–Crippen LogP) is 13.5. The smallest absolute Gasteiger partial charge is 0.330 e. The zero-order valence-corrected chi connectivity index (χ0v) is 38.9. The number of halogens is 1. The van der Waals surface area contributed by atoms with Gasteiger partial charge in [0.25, 0.3) is 0 Å². The van der Waals surface area contributed by atoms with Crippen LogP contribution in [0.1, 0.15) is 136 Å². The molecule has 7 nitrogen and oxygen atoms in total. The SMILES string of the molecule is CC(C)(C)CCCCOC(=O)/C=C/c1ccc(F)cc1.CC(C)(C)CCCOCCOC(=O)/C=C/c1ccccc1.Cc1ccc(/C=C/C(=O)OCCCCC(C)(C)C)cc1. The molecule has 0 heterocycles. The lowest BCUT2D eigenvalue weighted by molar-refractivity contribution is -0.139. The molecule has 0 N–H and O–H groups in total. The number of hydrogen-bond acceptors (Lipinski definition) is 7. The van der Waals surface area contributed by atoms with E-state index in [1.165, 1.54) is 35.9 Å². The van der Waals surface area contributed by atoms with Crippen molar-refractivity contribution in [3.8, 4) is 0 Å². The number of rotatable bonds is 20. The molecule has 0 unspecified atom stereocenters. The van der Waals surface area contributed by atoms with Gasteiger partial charge in [-0.3, -0.25) is 0 Å². The number of esters is 3. The lowest BCUT2D eigenvalue weighted by Gasteiger charge is -2.17. The van der Waals surface area contributed by atoms with E-state index in [-0.39, 0.29) is 23.7 Å². The fourth-order valence-electron chi connectivity index (χ4n) is 5.32.